The van der Waals surface area contributed by atoms with Crippen molar-refractivity contribution in [2.24, 2.45) is 11.1 Å². The molecular formula is C16H18BrN5. The van der Waals surface area contributed by atoms with E-state index in [0.29, 0.717) is 10.6 Å². The van der Waals surface area contributed by atoms with E-state index in [1.54, 1.807) is 6.20 Å². The average molecular weight is 360 g/mol. The molecule has 1 aliphatic carbocycles. The second kappa shape index (κ2) is 5.28. The maximum Gasteiger partial charge on any atom is 0.245 e. The van der Waals surface area contributed by atoms with Gasteiger partial charge in [-0.1, -0.05) is 24.3 Å². The fourth-order valence-corrected chi connectivity index (χ4v) is 4.04. The van der Waals surface area contributed by atoms with Gasteiger partial charge in [-0.3, -0.25) is 0 Å². The van der Waals surface area contributed by atoms with Gasteiger partial charge in [-0.25, -0.2) is 4.98 Å². The quantitative estimate of drug-likeness (QED) is 0.846. The van der Waals surface area contributed by atoms with Crippen molar-refractivity contribution in [1.82, 2.24) is 15.2 Å². The first-order valence-electron chi connectivity index (χ1n) is 7.61. The predicted molar refractivity (Wildman–Crippen MR) is 88.5 cm³/mol. The molecule has 1 atom stereocenters. The second-order valence-corrected chi connectivity index (χ2v) is 7.10. The molecule has 0 saturated carbocycles. The van der Waals surface area contributed by atoms with Crippen LogP contribution in [0.5, 0.6) is 0 Å². The highest BCUT2D eigenvalue weighted by Crippen LogP contribution is 2.50. The Labute approximate surface area is 138 Å². The summed E-state index contributed by atoms with van der Waals surface area (Å²) < 4.78 is 0.665. The van der Waals surface area contributed by atoms with Crippen molar-refractivity contribution >= 4 is 21.9 Å². The van der Waals surface area contributed by atoms with Gasteiger partial charge in [-0.05, 0) is 51.7 Å². The van der Waals surface area contributed by atoms with Crippen molar-refractivity contribution in [2.75, 3.05) is 18.0 Å². The fraction of sp³-hybridized carbons (Fsp3) is 0.438. The summed E-state index contributed by atoms with van der Waals surface area (Å²) in [7, 11) is 0. The molecule has 1 saturated heterocycles. The Morgan fingerprint density at radius 1 is 1.18 bits per heavy atom. The van der Waals surface area contributed by atoms with Gasteiger partial charge in [0.15, 0.2) is 0 Å². The number of fused-ring (bicyclic) bond motifs is 1. The SMILES string of the molecule is N[C@H]1c2ccccc2CC12CCN(c1ncc(Br)nn1)CC2. The van der Waals surface area contributed by atoms with Crippen molar-refractivity contribution < 1.29 is 0 Å². The molecule has 0 unspecified atom stereocenters. The van der Waals surface area contributed by atoms with Crippen molar-refractivity contribution in [3.63, 3.8) is 0 Å². The largest absolute Gasteiger partial charge is 0.339 e. The second-order valence-electron chi connectivity index (χ2n) is 6.28. The first-order chi connectivity index (χ1) is 10.7. The minimum absolute atomic E-state index is 0.148. The number of halogens is 1. The van der Waals surface area contributed by atoms with Crippen LogP contribution >= 0.6 is 15.9 Å². The topological polar surface area (TPSA) is 67.9 Å². The lowest BCUT2D eigenvalue weighted by molar-refractivity contribution is 0.187. The molecule has 2 N–H and O–H groups in total. The maximum atomic E-state index is 6.59. The third-order valence-electron chi connectivity index (χ3n) is 5.16. The molecule has 1 aromatic carbocycles. The number of hydrogen-bond acceptors (Lipinski definition) is 5. The van der Waals surface area contributed by atoms with Gasteiger partial charge in [-0.15, -0.1) is 10.2 Å². The van der Waals surface area contributed by atoms with Gasteiger partial charge in [0.2, 0.25) is 5.95 Å². The van der Waals surface area contributed by atoms with Crippen LogP contribution in [-0.4, -0.2) is 28.3 Å². The van der Waals surface area contributed by atoms with E-state index in [1.165, 1.54) is 11.1 Å². The van der Waals surface area contributed by atoms with Crippen molar-refractivity contribution in [3.8, 4) is 0 Å². The van der Waals surface area contributed by atoms with Crippen LogP contribution in [0.3, 0.4) is 0 Å². The summed E-state index contributed by atoms with van der Waals surface area (Å²) in [6.45, 7) is 1.87. The van der Waals surface area contributed by atoms with E-state index in [2.05, 4.69) is 60.3 Å². The fourth-order valence-electron chi connectivity index (χ4n) is 3.86. The lowest BCUT2D eigenvalue weighted by Crippen LogP contribution is -2.45. The molecule has 2 aliphatic rings. The van der Waals surface area contributed by atoms with Crippen LogP contribution in [0.4, 0.5) is 5.95 Å². The summed E-state index contributed by atoms with van der Waals surface area (Å²) in [5.74, 6) is 0.710. The molecule has 6 heteroatoms. The molecule has 4 rings (SSSR count). The van der Waals surface area contributed by atoms with E-state index in [1.807, 2.05) is 0 Å². The highest BCUT2D eigenvalue weighted by Gasteiger charge is 2.45. The minimum Gasteiger partial charge on any atom is -0.339 e. The molecule has 1 fully saturated rings. The molecule has 114 valence electrons. The summed E-state index contributed by atoms with van der Waals surface area (Å²) in [6, 6.07) is 8.76. The number of anilines is 1. The van der Waals surface area contributed by atoms with E-state index in [9.17, 15) is 0 Å². The Hall–Kier alpha value is -1.53. The lowest BCUT2D eigenvalue weighted by atomic mass is 9.73. The van der Waals surface area contributed by atoms with Gasteiger partial charge in [0, 0.05) is 19.1 Å². The lowest BCUT2D eigenvalue weighted by Gasteiger charge is -2.42. The van der Waals surface area contributed by atoms with E-state index in [4.69, 9.17) is 5.73 Å². The van der Waals surface area contributed by atoms with Crippen LogP contribution < -0.4 is 10.6 Å². The van der Waals surface area contributed by atoms with Crippen molar-refractivity contribution in [3.05, 3.63) is 46.2 Å². The van der Waals surface area contributed by atoms with E-state index < -0.39 is 0 Å². The van der Waals surface area contributed by atoms with Crippen LogP contribution in [0.25, 0.3) is 0 Å². The normalized spacial score (nSPS) is 22.8. The van der Waals surface area contributed by atoms with E-state index in [0.717, 1.165) is 32.4 Å². The summed E-state index contributed by atoms with van der Waals surface area (Å²) in [4.78, 5) is 6.56. The number of nitrogens with zero attached hydrogens (tertiary/aromatic N) is 4. The van der Waals surface area contributed by atoms with Crippen LogP contribution in [0.2, 0.25) is 0 Å². The number of rotatable bonds is 1. The summed E-state index contributed by atoms with van der Waals surface area (Å²) in [5.41, 5.74) is 9.54. The summed E-state index contributed by atoms with van der Waals surface area (Å²) in [6.07, 6.45) is 4.94. The van der Waals surface area contributed by atoms with Crippen LogP contribution in [0.1, 0.15) is 30.0 Å². The predicted octanol–water partition coefficient (Wildman–Crippen LogP) is 2.48. The van der Waals surface area contributed by atoms with Gasteiger partial charge in [0.25, 0.3) is 0 Å². The molecule has 1 aliphatic heterocycles. The van der Waals surface area contributed by atoms with Crippen LogP contribution in [0, 0.1) is 5.41 Å². The van der Waals surface area contributed by atoms with Crippen molar-refractivity contribution in [1.29, 1.82) is 0 Å². The van der Waals surface area contributed by atoms with Crippen LogP contribution in [0.15, 0.2) is 35.1 Å². The molecule has 2 aromatic rings. The molecule has 0 bridgehead atoms. The van der Waals surface area contributed by atoms with Gasteiger partial charge in [0.05, 0.1) is 6.20 Å². The first kappa shape index (κ1) is 14.1. The Morgan fingerprint density at radius 2 is 1.95 bits per heavy atom. The Balaban J connectivity index is 1.52. The summed E-state index contributed by atoms with van der Waals surface area (Å²) in [5, 5.41) is 8.19. The highest BCUT2D eigenvalue weighted by molar-refractivity contribution is 9.10. The molecule has 1 spiro atoms. The first-order valence-corrected chi connectivity index (χ1v) is 8.41. The van der Waals surface area contributed by atoms with Gasteiger partial charge < -0.3 is 10.6 Å². The van der Waals surface area contributed by atoms with Crippen LogP contribution in [-0.2, 0) is 6.42 Å². The number of benzene rings is 1. The monoisotopic (exact) mass is 359 g/mol. The zero-order valence-corrected chi connectivity index (χ0v) is 13.8. The third kappa shape index (κ3) is 2.21. The molecule has 22 heavy (non-hydrogen) atoms. The molecule has 5 nitrogen and oxygen atoms in total. The number of hydrogen-bond donors (Lipinski definition) is 1. The zero-order chi connectivity index (χ0) is 15.2. The van der Waals surface area contributed by atoms with Crippen molar-refractivity contribution in [2.45, 2.75) is 25.3 Å². The number of piperidine rings is 1. The molecule has 1 aromatic heterocycles. The van der Waals surface area contributed by atoms with E-state index >= 15 is 0 Å². The highest BCUT2D eigenvalue weighted by atomic mass is 79.9. The maximum absolute atomic E-state index is 6.59. The standard InChI is InChI=1S/C16H18BrN5/c17-13-10-19-15(21-20-13)22-7-5-16(6-8-22)9-11-3-1-2-4-12(11)14(16)18/h1-4,10,14H,5-9,18H2/t14-/m0/s1. The average Bonchev–Trinajstić information content (AvgIpc) is 2.82. The smallest absolute Gasteiger partial charge is 0.245 e. The minimum atomic E-state index is 0.148. The molecule has 2 heterocycles. The molecule has 0 amide bonds. The Bertz CT molecular complexity index is 679. The third-order valence-corrected chi connectivity index (χ3v) is 5.52. The zero-order valence-electron chi connectivity index (χ0n) is 12.2. The molecular weight excluding hydrogens is 342 g/mol. The Kier molecular flexibility index (Phi) is 3.38. The number of nitrogens with two attached hydrogens (primary N) is 1. The van der Waals surface area contributed by atoms with Gasteiger partial charge in [-0.2, -0.15) is 0 Å². The van der Waals surface area contributed by atoms with Gasteiger partial charge >= 0.3 is 0 Å². The van der Waals surface area contributed by atoms with Gasteiger partial charge in [0.1, 0.15) is 4.60 Å². The van der Waals surface area contributed by atoms with E-state index in [-0.39, 0.29) is 11.5 Å². The summed E-state index contributed by atoms with van der Waals surface area (Å²) >= 11 is 3.27. The Morgan fingerprint density at radius 3 is 2.64 bits per heavy atom. The molecule has 0 radical (unpaired) electrons. The number of aromatic nitrogens is 3.